The Kier molecular flexibility index (Phi) is 7.15. The van der Waals surface area contributed by atoms with Gasteiger partial charge in [0.1, 0.15) is 0 Å². The number of ether oxygens (including phenoxy) is 1. The lowest BCUT2D eigenvalue weighted by atomic mass is 9.81. The van der Waals surface area contributed by atoms with Crippen LogP contribution in [-0.4, -0.2) is 47.3 Å². The summed E-state index contributed by atoms with van der Waals surface area (Å²) in [6.07, 6.45) is 2.27. The van der Waals surface area contributed by atoms with Gasteiger partial charge in [-0.05, 0) is 62.4 Å². The van der Waals surface area contributed by atoms with Crippen molar-refractivity contribution in [1.29, 1.82) is 0 Å². The van der Waals surface area contributed by atoms with E-state index in [9.17, 15) is 14.4 Å². The number of aryl methyl sites for hydroxylation is 1. The zero-order valence-corrected chi connectivity index (χ0v) is 20.2. The van der Waals surface area contributed by atoms with Gasteiger partial charge in [-0.1, -0.05) is 36.4 Å². The lowest BCUT2D eigenvalue weighted by molar-refractivity contribution is -0.140. The summed E-state index contributed by atoms with van der Waals surface area (Å²) in [7, 11) is 0. The average molecular weight is 461 g/mol. The number of nitrogens with zero attached hydrogens (tertiary/aromatic N) is 2. The van der Waals surface area contributed by atoms with Crippen molar-refractivity contribution in [2.75, 3.05) is 19.7 Å². The van der Waals surface area contributed by atoms with Crippen molar-refractivity contribution < 1.29 is 19.1 Å². The Morgan fingerprint density at radius 2 is 1.76 bits per heavy atom. The second-order valence-electron chi connectivity index (χ2n) is 9.01. The molecular formula is C28H32N2O4. The zero-order chi connectivity index (χ0) is 24.2. The van der Waals surface area contributed by atoms with Gasteiger partial charge >= 0.3 is 5.97 Å². The molecule has 0 N–H and O–H groups in total. The first-order chi connectivity index (χ1) is 16.4. The average Bonchev–Trinajstić information content (AvgIpc) is 3.36. The van der Waals surface area contributed by atoms with Gasteiger partial charge in [0.15, 0.2) is 0 Å². The number of carbonyl (C=O) groups is 3. The number of likely N-dealkylation sites (tertiary alicyclic amines) is 1. The number of allylic oxidation sites excluding steroid dienone is 1. The highest BCUT2D eigenvalue weighted by Crippen LogP contribution is 2.39. The standard InChI is InChI=1S/C28H32N2O4/c1-4-34-28(33)26-20(3)30(25(31)17-24(26)23-13-6-5-10-19(23)2)18-21-11-9-12-22(16-21)27(32)29-14-7-8-15-29/h5-6,9-13,16,24H,4,7-8,14-15,17-18H2,1-3H3. The Morgan fingerprint density at radius 1 is 1.03 bits per heavy atom. The molecule has 1 unspecified atom stereocenters. The molecule has 0 spiro atoms. The number of carbonyl (C=O) groups excluding carboxylic acids is 3. The van der Waals surface area contributed by atoms with Crippen molar-refractivity contribution in [2.45, 2.75) is 52.5 Å². The molecule has 2 aromatic rings. The van der Waals surface area contributed by atoms with Crippen LogP contribution < -0.4 is 0 Å². The van der Waals surface area contributed by atoms with Crippen LogP contribution in [0.5, 0.6) is 0 Å². The summed E-state index contributed by atoms with van der Waals surface area (Å²) < 4.78 is 5.40. The Labute approximate surface area is 201 Å². The summed E-state index contributed by atoms with van der Waals surface area (Å²) >= 11 is 0. The Morgan fingerprint density at radius 3 is 2.47 bits per heavy atom. The molecule has 178 valence electrons. The molecule has 1 saturated heterocycles. The van der Waals surface area contributed by atoms with E-state index in [2.05, 4.69) is 0 Å². The van der Waals surface area contributed by atoms with Crippen LogP contribution in [0.1, 0.15) is 66.1 Å². The maximum atomic E-state index is 13.3. The molecule has 0 aromatic heterocycles. The van der Waals surface area contributed by atoms with E-state index in [1.807, 2.05) is 67.3 Å². The maximum Gasteiger partial charge on any atom is 0.336 e. The molecule has 2 amide bonds. The number of benzene rings is 2. The summed E-state index contributed by atoms with van der Waals surface area (Å²) in [5, 5.41) is 0. The first-order valence-corrected chi connectivity index (χ1v) is 12.0. The van der Waals surface area contributed by atoms with Crippen molar-refractivity contribution in [3.8, 4) is 0 Å². The minimum absolute atomic E-state index is 0.0309. The van der Waals surface area contributed by atoms with Crippen LogP contribution >= 0.6 is 0 Å². The molecule has 0 aliphatic carbocycles. The Bertz CT molecular complexity index is 1130. The second-order valence-corrected chi connectivity index (χ2v) is 9.01. The molecule has 2 heterocycles. The molecule has 6 heteroatoms. The van der Waals surface area contributed by atoms with Gasteiger partial charge in [-0.15, -0.1) is 0 Å². The molecular weight excluding hydrogens is 428 g/mol. The lowest BCUT2D eigenvalue weighted by Gasteiger charge is -2.35. The fourth-order valence-corrected chi connectivity index (χ4v) is 5.01. The predicted octanol–water partition coefficient (Wildman–Crippen LogP) is 4.58. The van der Waals surface area contributed by atoms with E-state index in [1.54, 1.807) is 11.8 Å². The summed E-state index contributed by atoms with van der Waals surface area (Å²) in [4.78, 5) is 42.7. The van der Waals surface area contributed by atoms with Crippen LogP contribution in [0.3, 0.4) is 0 Å². The van der Waals surface area contributed by atoms with Crippen molar-refractivity contribution in [3.05, 3.63) is 82.1 Å². The molecule has 1 atom stereocenters. The monoisotopic (exact) mass is 460 g/mol. The molecule has 0 bridgehead atoms. The maximum absolute atomic E-state index is 13.3. The quantitative estimate of drug-likeness (QED) is 0.592. The highest BCUT2D eigenvalue weighted by molar-refractivity contribution is 5.96. The predicted molar refractivity (Wildman–Crippen MR) is 130 cm³/mol. The van der Waals surface area contributed by atoms with Gasteiger partial charge in [0.05, 0.1) is 18.7 Å². The third-order valence-electron chi connectivity index (χ3n) is 6.79. The molecule has 1 fully saturated rings. The number of amides is 2. The first-order valence-electron chi connectivity index (χ1n) is 12.0. The fourth-order valence-electron chi connectivity index (χ4n) is 5.01. The molecule has 34 heavy (non-hydrogen) atoms. The smallest absolute Gasteiger partial charge is 0.336 e. The summed E-state index contributed by atoms with van der Waals surface area (Å²) in [5.74, 6) is -0.741. The van der Waals surface area contributed by atoms with Crippen LogP contribution in [0.2, 0.25) is 0 Å². The highest BCUT2D eigenvalue weighted by Gasteiger charge is 2.37. The van der Waals surface area contributed by atoms with Gasteiger partial charge in [0.25, 0.3) is 5.91 Å². The number of rotatable bonds is 6. The summed E-state index contributed by atoms with van der Waals surface area (Å²) in [5.41, 5.74) is 4.64. The second kappa shape index (κ2) is 10.2. The normalized spacial score (nSPS) is 18.4. The van der Waals surface area contributed by atoms with Gasteiger partial charge in [-0.2, -0.15) is 0 Å². The Hall–Kier alpha value is -3.41. The van der Waals surface area contributed by atoms with Crippen LogP contribution in [0, 0.1) is 6.92 Å². The van der Waals surface area contributed by atoms with E-state index in [0.29, 0.717) is 23.4 Å². The number of esters is 1. The first kappa shape index (κ1) is 23.7. The largest absolute Gasteiger partial charge is 0.463 e. The van der Waals surface area contributed by atoms with Gasteiger partial charge < -0.3 is 14.5 Å². The zero-order valence-electron chi connectivity index (χ0n) is 20.2. The van der Waals surface area contributed by atoms with E-state index < -0.39 is 0 Å². The minimum Gasteiger partial charge on any atom is -0.463 e. The van der Waals surface area contributed by atoms with Crippen LogP contribution in [0.15, 0.2) is 59.8 Å². The SMILES string of the molecule is CCOC(=O)C1=C(C)N(Cc2cccc(C(=O)N3CCCC3)c2)C(=O)CC1c1ccccc1C. The van der Waals surface area contributed by atoms with Gasteiger partial charge in [0, 0.05) is 36.7 Å². The van der Waals surface area contributed by atoms with E-state index >= 15 is 0 Å². The van der Waals surface area contributed by atoms with Crippen molar-refractivity contribution in [2.24, 2.45) is 0 Å². The van der Waals surface area contributed by atoms with E-state index in [0.717, 1.165) is 42.6 Å². The topological polar surface area (TPSA) is 66.9 Å². The molecule has 6 nitrogen and oxygen atoms in total. The minimum atomic E-state index is -0.385. The highest BCUT2D eigenvalue weighted by atomic mass is 16.5. The van der Waals surface area contributed by atoms with E-state index in [-0.39, 0.29) is 36.7 Å². The lowest BCUT2D eigenvalue weighted by Crippen LogP contribution is -2.38. The van der Waals surface area contributed by atoms with Gasteiger partial charge in [0.2, 0.25) is 5.91 Å². The van der Waals surface area contributed by atoms with E-state index in [1.165, 1.54) is 0 Å². The molecule has 2 aliphatic heterocycles. The summed E-state index contributed by atoms with van der Waals surface area (Å²) in [6, 6.07) is 15.3. The van der Waals surface area contributed by atoms with Crippen molar-refractivity contribution in [3.63, 3.8) is 0 Å². The van der Waals surface area contributed by atoms with Crippen LogP contribution in [-0.2, 0) is 20.9 Å². The van der Waals surface area contributed by atoms with Crippen LogP contribution in [0.25, 0.3) is 0 Å². The molecule has 0 saturated carbocycles. The molecule has 0 radical (unpaired) electrons. The third kappa shape index (κ3) is 4.76. The molecule has 2 aliphatic rings. The number of hydrogen-bond acceptors (Lipinski definition) is 4. The number of hydrogen-bond donors (Lipinski definition) is 0. The van der Waals surface area contributed by atoms with Crippen molar-refractivity contribution >= 4 is 17.8 Å². The van der Waals surface area contributed by atoms with Gasteiger partial charge in [-0.25, -0.2) is 4.79 Å². The summed E-state index contributed by atoms with van der Waals surface area (Å²) in [6.45, 7) is 7.74. The fraction of sp³-hybridized carbons (Fsp3) is 0.393. The molecule has 4 rings (SSSR count). The van der Waals surface area contributed by atoms with Crippen LogP contribution in [0.4, 0.5) is 0 Å². The third-order valence-corrected chi connectivity index (χ3v) is 6.79. The van der Waals surface area contributed by atoms with E-state index in [4.69, 9.17) is 4.74 Å². The Balaban J connectivity index is 1.66. The van der Waals surface area contributed by atoms with Gasteiger partial charge in [-0.3, -0.25) is 9.59 Å². The van der Waals surface area contributed by atoms with Crippen molar-refractivity contribution in [1.82, 2.24) is 9.80 Å². The molecule has 2 aromatic carbocycles.